The zero-order valence-corrected chi connectivity index (χ0v) is 13.1. The van der Waals surface area contributed by atoms with Crippen LogP contribution in [0, 0.1) is 25.2 Å². The van der Waals surface area contributed by atoms with Crippen molar-refractivity contribution < 1.29 is 5.11 Å². The van der Waals surface area contributed by atoms with Crippen LogP contribution in [0.2, 0.25) is 5.02 Å². The standard InChI is InChI=1S/C16H14ClN3O2/c1-9-4-5-11(6-14(9)17)19-8-13-10(2)12(7-18)15(21)20(3)16(13)22/h4-6,8,22H,1-3H3. The highest BCUT2D eigenvalue weighted by Gasteiger charge is 2.15. The molecule has 5 nitrogen and oxygen atoms in total. The predicted octanol–water partition coefficient (Wildman–Crippen LogP) is 2.98. The molecule has 0 atom stereocenters. The Labute approximate surface area is 132 Å². The maximum Gasteiger partial charge on any atom is 0.271 e. The molecule has 0 aliphatic heterocycles. The molecule has 0 saturated carbocycles. The van der Waals surface area contributed by atoms with Gasteiger partial charge in [-0.15, -0.1) is 0 Å². The van der Waals surface area contributed by atoms with Gasteiger partial charge in [-0.2, -0.15) is 5.26 Å². The molecule has 6 heteroatoms. The monoisotopic (exact) mass is 315 g/mol. The van der Waals surface area contributed by atoms with Crippen molar-refractivity contribution in [2.24, 2.45) is 12.0 Å². The van der Waals surface area contributed by atoms with Crippen LogP contribution in [0.1, 0.15) is 22.3 Å². The molecule has 0 radical (unpaired) electrons. The minimum Gasteiger partial charge on any atom is -0.494 e. The van der Waals surface area contributed by atoms with E-state index in [4.69, 9.17) is 16.9 Å². The molecule has 1 heterocycles. The van der Waals surface area contributed by atoms with E-state index in [0.29, 0.717) is 21.8 Å². The molecular weight excluding hydrogens is 302 g/mol. The fourth-order valence-corrected chi connectivity index (χ4v) is 2.17. The number of pyridine rings is 1. The third kappa shape index (κ3) is 2.74. The Morgan fingerprint density at radius 3 is 2.68 bits per heavy atom. The van der Waals surface area contributed by atoms with Crippen LogP contribution in [0.15, 0.2) is 28.0 Å². The second-order valence-electron chi connectivity index (χ2n) is 4.90. The summed E-state index contributed by atoms with van der Waals surface area (Å²) in [5, 5.41) is 19.8. The predicted molar refractivity (Wildman–Crippen MR) is 86.2 cm³/mol. The summed E-state index contributed by atoms with van der Waals surface area (Å²) >= 11 is 6.04. The molecule has 1 N–H and O–H groups in total. The first-order valence-electron chi connectivity index (χ1n) is 6.49. The van der Waals surface area contributed by atoms with Crippen LogP contribution in [-0.4, -0.2) is 15.9 Å². The lowest BCUT2D eigenvalue weighted by atomic mass is 10.1. The number of halogens is 1. The molecule has 1 aromatic carbocycles. The fourth-order valence-electron chi connectivity index (χ4n) is 1.99. The second kappa shape index (κ2) is 6.04. The molecule has 0 amide bonds. The SMILES string of the molecule is Cc1ccc(N=Cc2c(C)c(C#N)c(=O)n(C)c2O)cc1Cl. The van der Waals surface area contributed by atoms with Crippen LogP contribution < -0.4 is 5.56 Å². The number of hydrogen-bond acceptors (Lipinski definition) is 4. The Hall–Kier alpha value is -2.58. The number of nitriles is 1. The van der Waals surface area contributed by atoms with E-state index in [1.165, 1.54) is 13.3 Å². The molecule has 0 fully saturated rings. The van der Waals surface area contributed by atoms with Gasteiger partial charge in [0.25, 0.3) is 5.56 Å². The summed E-state index contributed by atoms with van der Waals surface area (Å²) in [5.74, 6) is -0.233. The number of nitrogens with zero attached hydrogens (tertiary/aromatic N) is 3. The second-order valence-corrected chi connectivity index (χ2v) is 5.31. The Bertz CT molecular complexity index is 876. The summed E-state index contributed by atoms with van der Waals surface area (Å²) in [6, 6.07) is 7.19. The van der Waals surface area contributed by atoms with Gasteiger partial charge in [0.2, 0.25) is 5.88 Å². The topological polar surface area (TPSA) is 78.4 Å². The van der Waals surface area contributed by atoms with Crippen molar-refractivity contribution in [2.45, 2.75) is 13.8 Å². The Morgan fingerprint density at radius 1 is 1.41 bits per heavy atom. The first kappa shape index (κ1) is 15.8. The van der Waals surface area contributed by atoms with E-state index in [9.17, 15) is 9.90 Å². The van der Waals surface area contributed by atoms with Crippen LogP contribution in [-0.2, 0) is 7.05 Å². The molecule has 2 aromatic rings. The Kier molecular flexibility index (Phi) is 4.34. The van der Waals surface area contributed by atoms with Gasteiger partial charge in [0.05, 0.1) is 11.3 Å². The van der Waals surface area contributed by atoms with Gasteiger partial charge in [-0.05, 0) is 37.1 Å². The van der Waals surface area contributed by atoms with E-state index in [1.807, 2.05) is 19.1 Å². The van der Waals surface area contributed by atoms with Gasteiger partial charge >= 0.3 is 0 Å². The molecule has 0 bridgehead atoms. The van der Waals surface area contributed by atoms with Crippen LogP contribution >= 0.6 is 11.6 Å². The minimum absolute atomic E-state index is 0.0105. The van der Waals surface area contributed by atoms with Crippen molar-refractivity contribution in [1.29, 1.82) is 5.26 Å². The van der Waals surface area contributed by atoms with Gasteiger partial charge in [-0.25, -0.2) is 0 Å². The number of aliphatic imine (C=N–C) groups is 1. The van der Waals surface area contributed by atoms with E-state index in [-0.39, 0.29) is 11.4 Å². The highest BCUT2D eigenvalue weighted by Crippen LogP contribution is 2.24. The quantitative estimate of drug-likeness (QED) is 0.865. The number of benzene rings is 1. The van der Waals surface area contributed by atoms with Crippen LogP contribution in [0.4, 0.5) is 5.69 Å². The van der Waals surface area contributed by atoms with Crippen molar-refractivity contribution in [1.82, 2.24) is 4.57 Å². The first-order chi connectivity index (χ1) is 10.4. The third-order valence-corrected chi connectivity index (χ3v) is 3.87. The van der Waals surface area contributed by atoms with Gasteiger partial charge < -0.3 is 5.11 Å². The van der Waals surface area contributed by atoms with E-state index in [1.54, 1.807) is 19.1 Å². The van der Waals surface area contributed by atoms with Gasteiger partial charge in [0.15, 0.2) is 0 Å². The smallest absolute Gasteiger partial charge is 0.271 e. The number of rotatable bonds is 2. The largest absolute Gasteiger partial charge is 0.494 e. The van der Waals surface area contributed by atoms with Gasteiger partial charge in [-0.1, -0.05) is 17.7 Å². The molecule has 112 valence electrons. The number of hydrogen-bond donors (Lipinski definition) is 1. The highest BCUT2D eigenvalue weighted by atomic mass is 35.5. The van der Waals surface area contributed by atoms with E-state index < -0.39 is 5.56 Å². The molecule has 0 unspecified atom stereocenters. The highest BCUT2D eigenvalue weighted by molar-refractivity contribution is 6.31. The lowest BCUT2D eigenvalue weighted by Crippen LogP contribution is -2.22. The Morgan fingerprint density at radius 2 is 2.09 bits per heavy atom. The average Bonchev–Trinajstić information content (AvgIpc) is 2.49. The molecule has 0 saturated heterocycles. The zero-order chi connectivity index (χ0) is 16.4. The van der Waals surface area contributed by atoms with E-state index in [0.717, 1.165) is 10.1 Å². The number of aryl methyl sites for hydroxylation is 1. The fraction of sp³-hybridized carbons (Fsp3) is 0.188. The third-order valence-electron chi connectivity index (χ3n) is 3.47. The number of aromatic nitrogens is 1. The van der Waals surface area contributed by atoms with Crippen LogP contribution in [0.5, 0.6) is 5.88 Å². The molecule has 2 rings (SSSR count). The lowest BCUT2D eigenvalue weighted by Gasteiger charge is -2.09. The van der Waals surface area contributed by atoms with Crippen molar-refractivity contribution in [3.05, 3.63) is 55.8 Å². The molecule has 0 spiro atoms. The minimum atomic E-state index is -0.534. The summed E-state index contributed by atoms with van der Waals surface area (Å²) in [6.07, 6.45) is 1.42. The molecule has 1 aromatic heterocycles. The van der Waals surface area contributed by atoms with Crippen molar-refractivity contribution >= 4 is 23.5 Å². The molecular formula is C16H14ClN3O2. The van der Waals surface area contributed by atoms with Crippen LogP contribution in [0.3, 0.4) is 0 Å². The molecule has 22 heavy (non-hydrogen) atoms. The van der Waals surface area contributed by atoms with E-state index in [2.05, 4.69) is 4.99 Å². The lowest BCUT2D eigenvalue weighted by molar-refractivity contribution is 0.421. The maximum atomic E-state index is 11.9. The summed E-state index contributed by atoms with van der Waals surface area (Å²) in [5.41, 5.74) is 1.73. The van der Waals surface area contributed by atoms with Crippen LogP contribution in [0.25, 0.3) is 0 Å². The van der Waals surface area contributed by atoms with Crippen molar-refractivity contribution in [3.8, 4) is 11.9 Å². The normalized spacial score (nSPS) is 10.9. The molecule has 0 aliphatic rings. The zero-order valence-electron chi connectivity index (χ0n) is 12.4. The van der Waals surface area contributed by atoms with Crippen molar-refractivity contribution in [2.75, 3.05) is 0 Å². The first-order valence-corrected chi connectivity index (χ1v) is 6.87. The summed E-state index contributed by atoms with van der Waals surface area (Å²) in [4.78, 5) is 16.1. The van der Waals surface area contributed by atoms with Crippen molar-refractivity contribution in [3.63, 3.8) is 0 Å². The summed E-state index contributed by atoms with van der Waals surface area (Å²) in [6.45, 7) is 3.49. The van der Waals surface area contributed by atoms with Gasteiger partial charge in [-0.3, -0.25) is 14.4 Å². The summed E-state index contributed by atoms with van der Waals surface area (Å²) < 4.78 is 1.02. The maximum absolute atomic E-state index is 11.9. The van der Waals surface area contributed by atoms with Gasteiger partial charge in [0.1, 0.15) is 11.6 Å². The average molecular weight is 316 g/mol. The summed E-state index contributed by atoms with van der Waals surface area (Å²) in [7, 11) is 1.40. The van der Waals surface area contributed by atoms with Gasteiger partial charge in [0, 0.05) is 18.3 Å². The Balaban J connectivity index is 2.56. The molecule has 0 aliphatic carbocycles. The number of aromatic hydroxyl groups is 1. The van der Waals surface area contributed by atoms with E-state index >= 15 is 0 Å².